The number of alkyl halides is 3. The highest BCUT2D eigenvalue weighted by atomic mass is 32.2. The third kappa shape index (κ3) is 7.12. The molecular formula is C24H29F3N4O4S. The summed E-state index contributed by atoms with van der Waals surface area (Å²) < 4.78 is 70.5. The van der Waals surface area contributed by atoms with Crippen LogP contribution in [0.1, 0.15) is 37.5 Å². The third-order valence-corrected chi connectivity index (χ3v) is 6.58. The summed E-state index contributed by atoms with van der Waals surface area (Å²) in [4.78, 5) is 17.6. The Hall–Kier alpha value is -3.28. The molecule has 3 rings (SSSR count). The van der Waals surface area contributed by atoms with Crippen molar-refractivity contribution in [2.75, 3.05) is 31.1 Å². The van der Waals surface area contributed by atoms with E-state index in [1.165, 1.54) is 29.3 Å². The molecule has 0 aromatic heterocycles. The van der Waals surface area contributed by atoms with Gasteiger partial charge in [-0.25, -0.2) is 9.63 Å². The van der Waals surface area contributed by atoms with Gasteiger partial charge in [0.2, 0.25) is 0 Å². The number of hydrogen-bond acceptors (Lipinski definition) is 6. The zero-order chi connectivity index (χ0) is 26.7. The molecule has 1 saturated heterocycles. The van der Waals surface area contributed by atoms with E-state index in [0.717, 1.165) is 17.7 Å². The van der Waals surface area contributed by atoms with E-state index in [1.807, 2.05) is 6.92 Å². The van der Waals surface area contributed by atoms with Gasteiger partial charge in [-0.3, -0.25) is 0 Å². The maximum absolute atomic E-state index is 13.4. The molecule has 36 heavy (non-hydrogen) atoms. The lowest BCUT2D eigenvalue weighted by atomic mass is 10.1. The Morgan fingerprint density at radius 3 is 2.19 bits per heavy atom. The number of sulfonamides is 1. The number of halogens is 3. The predicted molar refractivity (Wildman–Crippen MR) is 131 cm³/mol. The smallest absolute Gasteiger partial charge is 0.416 e. The van der Waals surface area contributed by atoms with Crippen molar-refractivity contribution in [3.8, 4) is 0 Å². The molecule has 1 heterocycles. The van der Waals surface area contributed by atoms with Crippen LogP contribution in [0, 0.1) is 6.92 Å². The Morgan fingerprint density at radius 1 is 1.03 bits per heavy atom. The number of anilines is 1. The van der Waals surface area contributed by atoms with Crippen LogP contribution in [0.3, 0.4) is 0 Å². The van der Waals surface area contributed by atoms with E-state index in [2.05, 4.69) is 9.93 Å². The van der Waals surface area contributed by atoms with Gasteiger partial charge in [0, 0.05) is 37.4 Å². The molecule has 1 N–H and O–H groups in total. The van der Waals surface area contributed by atoms with Gasteiger partial charge in [0.1, 0.15) is 5.60 Å². The Morgan fingerprint density at radius 2 is 1.64 bits per heavy atom. The fraction of sp³-hybridized carbons (Fsp3) is 0.417. The minimum Gasteiger partial charge on any atom is -0.444 e. The number of ether oxygens (including phenoxy) is 1. The number of rotatable bonds is 5. The summed E-state index contributed by atoms with van der Waals surface area (Å²) in [6.07, 6.45) is -3.88. The van der Waals surface area contributed by atoms with Crippen LogP contribution < -0.4 is 9.73 Å². The van der Waals surface area contributed by atoms with Crippen molar-refractivity contribution in [2.24, 2.45) is 5.10 Å². The van der Waals surface area contributed by atoms with Gasteiger partial charge >= 0.3 is 12.3 Å². The molecule has 0 atom stereocenters. The zero-order valence-corrected chi connectivity index (χ0v) is 21.3. The molecular weight excluding hydrogens is 497 g/mol. The first-order chi connectivity index (χ1) is 16.7. The molecule has 1 aliphatic rings. The maximum atomic E-state index is 13.4. The molecule has 2 aromatic rings. The van der Waals surface area contributed by atoms with E-state index < -0.39 is 33.5 Å². The fourth-order valence-electron chi connectivity index (χ4n) is 3.49. The third-order valence-electron chi connectivity index (χ3n) is 5.34. The van der Waals surface area contributed by atoms with Crippen LogP contribution in [0.4, 0.5) is 23.7 Å². The highest BCUT2D eigenvalue weighted by Gasteiger charge is 2.32. The van der Waals surface area contributed by atoms with Crippen LogP contribution in [0.25, 0.3) is 0 Å². The molecule has 1 fully saturated rings. The molecule has 1 amide bonds. The summed E-state index contributed by atoms with van der Waals surface area (Å²) in [7, 11) is -3.95. The minimum atomic E-state index is -4.56. The average Bonchev–Trinajstić information content (AvgIpc) is 2.78. The number of amides is 1. The van der Waals surface area contributed by atoms with Gasteiger partial charge in [-0.05, 0) is 52.0 Å². The van der Waals surface area contributed by atoms with E-state index in [4.69, 9.17) is 4.74 Å². The molecule has 2 aromatic carbocycles. The average molecular weight is 527 g/mol. The van der Waals surface area contributed by atoms with Crippen LogP contribution in [-0.4, -0.2) is 57.4 Å². The van der Waals surface area contributed by atoms with Crippen molar-refractivity contribution in [3.05, 3.63) is 59.2 Å². The van der Waals surface area contributed by atoms with Gasteiger partial charge in [0.05, 0.1) is 16.7 Å². The van der Waals surface area contributed by atoms with Crippen molar-refractivity contribution in [2.45, 2.75) is 44.4 Å². The van der Waals surface area contributed by atoms with E-state index in [1.54, 1.807) is 37.8 Å². The predicted octanol–water partition coefficient (Wildman–Crippen LogP) is 4.38. The second-order valence-electron chi connectivity index (χ2n) is 9.39. The minimum absolute atomic E-state index is 0.0103. The fourth-order valence-corrected chi connectivity index (χ4v) is 4.29. The van der Waals surface area contributed by atoms with Crippen molar-refractivity contribution >= 4 is 28.0 Å². The summed E-state index contributed by atoms with van der Waals surface area (Å²) in [5, 5.41) is 3.79. The van der Waals surface area contributed by atoms with Crippen molar-refractivity contribution < 1.29 is 31.1 Å². The number of nitrogens with zero attached hydrogens (tertiary/aromatic N) is 3. The van der Waals surface area contributed by atoms with Gasteiger partial charge < -0.3 is 14.5 Å². The van der Waals surface area contributed by atoms with E-state index in [9.17, 15) is 26.4 Å². The van der Waals surface area contributed by atoms with Crippen LogP contribution >= 0.6 is 0 Å². The SMILES string of the molecule is Cc1ccc(S(=O)(=O)N/N=C/c2ccc(C(F)(F)F)cc2N2CCN(C(=O)OC(C)(C)C)CC2)cc1. The summed E-state index contributed by atoms with van der Waals surface area (Å²) >= 11 is 0. The number of benzene rings is 2. The quantitative estimate of drug-likeness (QED) is 0.461. The number of nitrogens with one attached hydrogen (secondary N) is 1. The van der Waals surface area contributed by atoms with Gasteiger partial charge in [-0.15, -0.1) is 0 Å². The Kier molecular flexibility index (Phi) is 7.87. The molecule has 0 bridgehead atoms. The van der Waals surface area contributed by atoms with Crippen LogP contribution in [0.2, 0.25) is 0 Å². The summed E-state index contributed by atoms with van der Waals surface area (Å²) in [6, 6.07) is 9.30. The van der Waals surface area contributed by atoms with Crippen LogP contribution in [0.15, 0.2) is 52.5 Å². The Balaban J connectivity index is 1.80. The lowest BCUT2D eigenvalue weighted by Gasteiger charge is -2.37. The molecule has 0 unspecified atom stereocenters. The summed E-state index contributed by atoms with van der Waals surface area (Å²) in [5.41, 5.74) is -0.0968. The van der Waals surface area contributed by atoms with Crippen molar-refractivity contribution in [3.63, 3.8) is 0 Å². The zero-order valence-electron chi connectivity index (χ0n) is 20.5. The molecule has 8 nitrogen and oxygen atoms in total. The molecule has 0 radical (unpaired) electrons. The van der Waals surface area contributed by atoms with Crippen molar-refractivity contribution in [1.82, 2.24) is 9.73 Å². The number of carbonyl (C=O) groups is 1. The first-order valence-corrected chi connectivity index (χ1v) is 12.7. The van der Waals surface area contributed by atoms with Crippen LogP contribution in [0.5, 0.6) is 0 Å². The Labute approximate surface area is 208 Å². The standard InChI is InChI=1S/C24H29F3N4O4S/c1-17-5-9-20(10-6-17)36(33,34)29-28-16-18-7-8-19(24(25,26)27)15-21(18)30-11-13-31(14-12-30)22(32)35-23(2,3)4/h5-10,15-16,29H,11-14H2,1-4H3/b28-16+. The topological polar surface area (TPSA) is 91.3 Å². The first-order valence-electron chi connectivity index (χ1n) is 11.2. The number of hydrogen-bond donors (Lipinski definition) is 1. The van der Waals surface area contributed by atoms with E-state index >= 15 is 0 Å². The van der Waals surface area contributed by atoms with Gasteiger partial charge in [0.15, 0.2) is 0 Å². The van der Waals surface area contributed by atoms with E-state index in [0.29, 0.717) is 5.56 Å². The molecule has 0 aliphatic carbocycles. The molecule has 1 aliphatic heterocycles. The molecule has 196 valence electrons. The number of carbonyl (C=O) groups excluding carboxylic acids is 1. The highest BCUT2D eigenvalue weighted by Crippen LogP contribution is 2.33. The monoisotopic (exact) mass is 526 g/mol. The number of piperazine rings is 1. The second-order valence-corrected chi connectivity index (χ2v) is 11.1. The van der Waals surface area contributed by atoms with E-state index in [-0.39, 0.29) is 36.8 Å². The summed E-state index contributed by atoms with van der Waals surface area (Å²) in [5.74, 6) is 0. The maximum Gasteiger partial charge on any atom is 0.416 e. The first kappa shape index (κ1) is 27.3. The van der Waals surface area contributed by atoms with Gasteiger partial charge in [0.25, 0.3) is 10.0 Å². The van der Waals surface area contributed by atoms with Crippen LogP contribution in [-0.2, 0) is 20.9 Å². The van der Waals surface area contributed by atoms with Crippen molar-refractivity contribution in [1.29, 1.82) is 0 Å². The van der Waals surface area contributed by atoms with Gasteiger partial charge in [-0.1, -0.05) is 23.8 Å². The molecule has 12 heteroatoms. The molecule has 0 saturated carbocycles. The second kappa shape index (κ2) is 10.4. The number of hydrazone groups is 1. The highest BCUT2D eigenvalue weighted by molar-refractivity contribution is 7.89. The molecule has 0 spiro atoms. The number of aryl methyl sites for hydroxylation is 1. The van der Waals surface area contributed by atoms with Gasteiger partial charge in [-0.2, -0.15) is 26.7 Å². The largest absolute Gasteiger partial charge is 0.444 e. The normalized spacial score (nSPS) is 15.3. The summed E-state index contributed by atoms with van der Waals surface area (Å²) in [6.45, 7) is 8.10. The lowest BCUT2D eigenvalue weighted by Crippen LogP contribution is -2.50. The lowest BCUT2D eigenvalue weighted by molar-refractivity contribution is -0.137. The Bertz CT molecular complexity index is 1220.